The smallest absolute Gasteiger partial charge is 0.410 e. The fourth-order valence-electron chi connectivity index (χ4n) is 2.31. The quantitative estimate of drug-likeness (QED) is 0.865. The molecule has 0 atom stereocenters. The summed E-state index contributed by atoms with van der Waals surface area (Å²) >= 11 is 1.66. The number of carboxylic acid groups (broad SMARTS) is 1. The minimum Gasteiger partial charge on any atom is -0.481 e. The summed E-state index contributed by atoms with van der Waals surface area (Å²) in [6, 6.07) is 0. The first-order valence-electron chi connectivity index (χ1n) is 6.90. The Labute approximate surface area is 125 Å². The largest absolute Gasteiger partial charge is 0.481 e. The number of piperidine rings is 1. The molecular formula is C14H25NO4S. The Bertz CT molecular complexity index is 357. The van der Waals surface area contributed by atoms with Crippen molar-refractivity contribution in [3.63, 3.8) is 0 Å². The predicted octanol–water partition coefficient (Wildman–Crippen LogP) is 2.84. The highest BCUT2D eigenvalue weighted by Crippen LogP contribution is 2.36. The normalized spacial score (nSPS) is 18.7. The standard InChI is InChI=1S/C14H25NO4S/c1-13(2,3)19-12(18)15-8-5-14(6-9-15,11(16)17)7-10-20-4/h5-10H2,1-4H3,(H,16,17). The Hall–Kier alpha value is -0.910. The summed E-state index contributed by atoms with van der Waals surface area (Å²) in [5.41, 5.74) is -1.20. The summed E-state index contributed by atoms with van der Waals surface area (Å²) in [6.07, 6.45) is 3.29. The fraction of sp³-hybridized carbons (Fsp3) is 0.857. The van der Waals surface area contributed by atoms with E-state index in [4.69, 9.17) is 4.74 Å². The van der Waals surface area contributed by atoms with Gasteiger partial charge in [0.05, 0.1) is 5.41 Å². The second-order valence-corrected chi connectivity index (χ2v) is 7.28. The van der Waals surface area contributed by atoms with E-state index in [0.29, 0.717) is 32.4 Å². The maximum absolute atomic E-state index is 12.0. The number of aliphatic carboxylic acids is 1. The van der Waals surface area contributed by atoms with Crippen LogP contribution in [0.1, 0.15) is 40.0 Å². The average molecular weight is 303 g/mol. The van der Waals surface area contributed by atoms with Gasteiger partial charge in [-0.05, 0) is 52.0 Å². The molecule has 0 bridgehead atoms. The van der Waals surface area contributed by atoms with Crippen molar-refractivity contribution in [2.24, 2.45) is 5.41 Å². The zero-order chi connectivity index (χ0) is 15.4. The van der Waals surface area contributed by atoms with Gasteiger partial charge in [0.15, 0.2) is 0 Å². The first-order valence-corrected chi connectivity index (χ1v) is 8.30. The molecule has 1 saturated heterocycles. The van der Waals surface area contributed by atoms with Crippen LogP contribution in [0, 0.1) is 5.41 Å². The highest BCUT2D eigenvalue weighted by molar-refractivity contribution is 7.98. The van der Waals surface area contributed by atoms with Gasteiger partial charge in [0, 0.05) is 13.1 Å². The molecule has 1 amide bonds. The zero-order valence-electron chi connectivity index (χ0n) is 12.8. The minimum atomic E-state index is -0.740. The summed E-state index contributed by atoms with van der Waals surface area (Å²) in [6.45, 7) is 6.39. The molecule has 1 aliphatic rings. The van der Waals surface area contributed by atoms with Gasteiger partial charge in [0.25, 0.3) is 0 Å². The van der Waals surface area contributed by atoms with Crippen LogP contribution in [0.2, 0.25) is 0 Å². The molecule has 0 saturated carbocycles. The fourth-order valence-corrected chi connectivity index (χ4v) is 2.91. The number of hydrogen-bond acceptors (Lipinski definition) is 4. The van der Waals surface area contributed by atoms with Gasteiger partial charge in [-0.2, -0.15) is 11.8 Å². The highest BCUT2D eigenvalue weighted by Gasteiger charge is 2.42. The van der Waals surface area contributed by atoms with E-state index in [-0.39, 0.29) is 6.09 Å². The Morgan fingerprint density at radius 3 is 2.25 bits per heavy atom. The van der Waals surface area contributed by atoms with Gasteiger partial charge in [-0.1, -0.05) is 0 Å². The number of carboxylic acids is 1. The van der Waals surface area contributed by atoms with Crippen LogP contribution < -0.4 is 0 Å². The van der Waals surface area contributed by atoms with E-state index in [0.717, 1.165) is 5.75 Å². The van der Waals surface area contributed by atoms with Crippen molar-refractivity contribution in [3.8, 4) is 0 Å². The molecule has 1 fully saturated rings. The van der Waals surface area contributed by atoms with Crippen LogP contribution in [0.25, 0.3) is 0 Å². The van der Waals surface area contributed by atoms with Gasteiger partial charge < -0.3 is 14.7 Å². The van der Waals surface area contributed by atoms with Gasteiger partial charge in [0.1, 0.15) is 5.60 Å². The maximum Gasteiger partial charge on any atom is 0.410 e. The Balaban J connectivity index is 2.60. The lowest BCUT2D eigenvalue weighted by atomic mass is 9.76. The molecule has 0 aromatic rings. The van der Waals surface area contributed by atoms with E-state index in [2.05, 4.69) is 0 Å². The number of likely N-dealkylation sites (tertiary alicyclic amines) is 1. The Kier molecular flexibility index (Phi) is 5.74. The monoisotopic (exact) mass is 303 g/mol. The van der Waals surface area contributed by atoms with E-state index in [1.807, 2.05) is 27.0 Å². The number of amides is 1. The third-order valence-electron chi connectivity index (χ3n) is 3.61. The van der Waals surface area contributed by atoms with Crippen molar-refractivity contribution in [2.45, 2.75) is 45.6 Å². The van der Waals surface area contributed by atoms with Gasteiger partial charge in [-0.25, -0.2) is 4.79 Å². The summed E-state index contributed by atoms with van der Waals surface area (Å²) < 4.78 is 5.32. The molecule has 0 radical (unpaired) electrons. The predicted molar refractivity (Wildman–Crippen MR) is 80.1 cm³/mol. The van der Waals surface area contributed by atoms with Crippen LogP contribution in [-0.2, 0) is 9.53 Å². The lowest BCUT2D eigenvalue weighted by Crippen LogP contribution is -2.48. The van der Waals surface area contributed by atoms with Crippen LogP contribution in [-0.4, -0.2) is 52.8 Å². The van der Waals surface area contributed by atoms with Crippen molar-refractivity contribution in [3.05, 3.63) is 0 Å². The molecule has 0 aromatic heterocycles. The molecule has 1 rings (SSSR count). The molecule has 0 spiro atoms. The van der Waals surface area contributed by atoms with Crippen molar-refractivity contribution >= 4 is 23.8 Å². The van der Waals surface area contributed by atoms with Crippen molar-refractivity contribution < 1.29 is 19.4 Å². The van der Waals surface area contributed by atoms with Crippen LogP contribution in [0.5, 0.6) is 0 Å². The molecule has 0 aromatic carbocycles. The van der Waals surface area contributed by atoms with Gasteiger partial charge in [-0.15, -0.1) is 0 Å². The third kappa shape index (κ3) is 4.58. The van der Waals surface area contributed by atoms with E-state index < -0.39 is 17.0 Å². The number of nitrogens with zero attached hydrogens (tertiary/aromatic N) is 1. The van der Waals surface area contributed by atoms with Gasteiger partial charge in [0.2, 0.25) is 0 Å². The summed E-state index contributed by atoms with van der Waals surface area (Å²) in [7, 11) is 0. The van der Waals surface area contributed by atoms with Crippen molar-refractivity contribution in [2.75, 3.05) is 25.1 Å². The number of carbonyl (C=O) groups is 2. The SMILES string of the molecule is CSCCC1(C(=O)O)CCN(C(=O)OC(C)(C)C)CC1. The first-order chi connectivity index (χ1) is 9.20. The number of thioether (sulfide) groups is 1. The third-order valence-corrected chi connectivity index (χ3v) is 4.22. The number of hydrogen-bond donors (Lipinski definition) is 1. The first kappa shape index (κ1) is 17.1. The molecule has 1 aliphatic heterocycles. The van der Waals surface area contributed by atoms with E-state index in [1.165, 1.54) is 0 Å². The highest BCUT2D eigenvalue weighted by atomic mass is 32.2. The molecule has 20 heavy (non-hydrogen) atoms. The average Bonchev–Trinajstić information content (AvgIpc) is 2.34. The molecule has 5 nitrogen and oxygen atoms in total. The topological polar surface area (TPSA) is 66.8 Å². The zero-order valence-corrected chi connectivity index (χ0v) is 13.6. The molecule has 1 N–H and O–H groups in total. The van der Waals surface area contributed by atoms with Gasteiger partial charge in [-0.3, -0.25) is 4.79 Å². The van der Waals surface area contributed by atoms with Crippen LogP contribution >= 0.6 is 11.8 Å². The van der Waals surface area contributed by atoms with E-state index in [1.54, 1.807) is 16.7 Å². The van der Waals surface area contributed by atoms with Crippen LogP contribution in [0.4, 0.5) is 4.79 Å². The number of ether oxygens (including phenoxy) is 1. The molecule has 0 unspecified atom stereocenters. The van der Waals surface area contributed by atoms with E-state index >= 15 is 0 Å². The number of rotatable bonds is 4. The van der Waals surface area contributed by atoms with Gasteiger partial charge >= 0.3 is 12.1 Å². The molecular weight excluding hydrogens is 278 g/mol. The maximum atomic E-state index is 12.0. The lowest BCUT2D eigenvalue weighted by molar-refractivity contribution is -0.152. The molecule has 1 heterocycles. The summed E-state index contributed by atoms with van der Waals surface area (Å²) in [5.74, 6) is 0.0917. The van der Waals surface area contributed by atoms with Crippen LogP contribution in [0.15, 0.2) is 0 Å². The molecule has 116 valence electrons. The van der Waals surface area contributed by atoms with E-state index in [9.17, 15) is 14.7 Å². The molecule has 0 aliphatic carbocycles. The minimum absolute atomic E-state index is 0.346. The Morgan fingerprint density at radius 1 is 1.30 bits per heavy atom. The van der Waals surface area contributed by atoms with Crippen molar-refractivity contribution in [1.82, 2.24) is 4.90 Å². The second-order valence-electron chi connectivity index (χ2n) is 6.30. The van der Waals surface area contributed by atoms with Crippen molar-refractivity contribution in [1.29, 1.82) is 0 Å². The summed E-state index contributed by atoms with van der Waals surface area (Å²) in [4.78, 5) is 25.1. The Morgan fingerprint density at radius 2 is 1.85 bits per heavy atom. The van der Waals surface area contributed by atoms with Crippen LogP contribution in [0.3, 0.4) is 0 Å². The number of carbonyl (C=O) groups excluding carboxylic acids is 1. The second kappa shape index (κ2) is 6.70. The lowest BCUT2D eigenvalue weighted by Gasteiger charge is -2.39. The molecule has 6 heteroatoms. The summed E-state index contributed by atoms with van der Waals surface area (Å²) in [5, 5.41) is 9.48.